The largest absolute Gasteiger partial charge is 0.462 e. The van der Waals surface area contributed by atoms with E-state index in [1.807, 2.05) is 0 Å². The number of ether oxygens (including phenoxy) is 1. The van der Waals surface area contributed by atoms with Gasteiger partial charge in [0.1, 0.15) is 10.6 Å². The first-order valence-corrected chi connectivity index (χ1v) is 7.82. The second-order valence-electron chi connectivity index (χ2n) is 4.23. The molecule has 0 radical (unpaired) electrons. The Morgan fingerprint density at radius 3 is 2.64 bits per heavy atom. The SMILES string of the molecule is CCOC(=O)c1c(SC)nc2c(C(F)(F)F)cccc2c1Cl. The summed E-state index contributed by atoms with van der Waals surface area (Å²) < 4.78 is 44.1. The van der Waals surface area contributed by atoms with Crippen LogP contribution in [0.3, 0.4) is 0 Å². The van der Waals surface area contributed by atoms with E-state index in [2.05, 4.69) is 4.98 Å². The van der Waals surface area contributed by atoms with Crippen molar-refractivity contribution in [1.29, 1.82) is 0 Å². The molecule has 0 saturated heterocycles. The van der Waals surface area contributed by atoms with Gasteiger partial charge in [0.15, 0.2) is 0 Å². The highest BCUT2D eigenvalue weighted by Gasteiger charge is 2.34. The van der Waals surface area contributed by atoms with Crippen molar-refractivity contribution < 1.29 is 22.7 Å². The smallest absolute Gasteiger partial charge is 0.418 e. The molecule has 0 spiro atoms. The Kier molecular flexibility index (Phi) is 4.87. The number of aromatic nitrogens is 1. The standard InChI is InChI=1S/C14H11ClF3NO2S/c1-3-21-13(20)9-10(15)7-5-4-6-8(14(16,17)18)11(7)19-12(9)22-2/h4-6H,3H2,1-2H3. The van der Waals surface area contributed by atoms with Gasteiger partial charge >= 0.3 is 12.1 Å². The van der Waals surface area contributed by atoms with E-state index in [0.29, 0.717) is 0 Å². The molecule has 0 bridgehead atoms. The average molecular weight is 350 g/mol. The van der Waals surface area contributed by atoms with Gasteiger partial charge in [-0.15, -0.1) is 11.8 Å². The fraction of sp³-hybridized carbons (Fsp3) is 0.286. The number of hydrogen-bond donors (Lipinski definition) is 0. The second-order valence-corrected chi connectivity index (χ2v) is 5.40. The van der Waals surface area contributed by atoms with Gasteiger partial charge in [0.2, 0.25) is 0 Å². The molecule has 8 heteroatoms. The monoisotopic (exact) mass is 349 g/mol. The van der Waals surface area contributed by atoms with Crippen molar-refractivity contribution in [2.45, 2.75) is 18.1 Å². The van der Waals surface area contributed by atoms with Gasteiger partial charge in [-0.05, 0) is 19.2 Å². The first kappa shape index (κ1) is 16.9. The molecular formula is C14H11ClF3NO2S. The number of thioether (sulfide) groups is 1. The molecule has 1 aromatic heterocycles. The molecule has 3 nitrogen and oxygen atoms in total. The third-order valence-electron chi connectivity index (χ3n) is 2.90. The summed E-state index contributed by atoms with van der Waals surface area (Å²) in [7, 11) is 0. The van der Waals surface area contributed by atoms with Crippen LogP contribution in [-0.2, 0) is 10.9 Å². The summed E-state index contributed by atoms with van der Waals surface area (Å²) in [6, 6.07) is 3.55. The Labute approximate surface area is 133 Å². The number of hydrogen-bond acceptors (Lipinski definition) is 4. The van der Waals surface area contributed by atoms with Crippen molar-refractivity contribution in [3.8, 4) is 0 Å². The lowest BCUT2D eigenvalue weighted by molar-refractivity contribution is -0.136. The molecule has 0 aliphatic heterocycles. The highest BCUT2D eigenvalue weighted by Crippen LogP contribution is 2.39. The molecule has 0 aliphatic rings. The Morgan fingerprint density at radius 1 is 1.41 bits per heavy atom. The van der Waals surface area contributed by atoms with Crippen LogP contribution in [-0.4, -0.2) is 23.8 Å². The molecule has 2 aromatic rings. The maximum Gasteiger partial charge on any atom is 0.418 e. The molecular weight excluding hydrogens is 339 g/mol. The van der Waals surface area contributed by atoms with E-state index < -0.39 is 17.7 Å². The van der Waals surface area contributed by atoms with E-state index in [1.54, 1.807) is 13.2 Å². The molecule has 0 atom stereocenters. The Bertz CT molecular complexity index is 734. The maximum atomic E-state index is 13.1. The number of halogens is 4. The first-order valence-electron chi connectivity index (χ1n) is 6.21. The van der Waals surface area contributed by atoms with Crippen LogP contribution < -0.4 is 0 Å². The van der Waals surface area contributed by atoms with Crippen LogP contribution in [0.2, 0.25) is 5.02 Å². The topological polar surface area (TPSA) is 39.2 Å². The molecule has 0 fully saturated rings. The quantitative estimate of drug-likeness (QED) is 0.589. The van der Waals surface area contributed by atoms with Crippen molar-refractivity contribution in [2.75, 3.05) is 12.9 Å². The minimum atomic E-state index is -4.56. The number of fused-ring (bicyclic) bond motifs is 1. The van der Waals surface area contributed by atoms with Gasteiger partial charge in [0.25, 0.3) is 0 Å². The summed E-state index contributed by atoms with van der Waals surface area (Å²) in [5.74, 6) is -0.705. The summed E-state index contributed by atoms with van der Waals surface area (Å²) in [5.41, 5.74) is -1.18. The zero-order chi connectivity index (χ0) is 16.5. The lowest BCUT2D eigenvalue weighted by Crippen LogP contribution is -2.11. The molecule has 0 unspecified atom stereocenters. The van der Waals surface area contributed by atoms with Crippen LogP contribution in [0.25, 0.3) is 10.9 Å². The molecule has 0 aliphatic carbocycles. The fourth-order valence-corrected chi connectivity index (χ4v) is 2.93. The fourth-order valence-electron chi connectivity index (χ4n) is 1.98. The van der Waals surface area contributed by atoms with Gasteiger partial charge in [-0.2, -0.15) is 13.2 Å². The van der Waals surface area contributed by atoms with Crippen LogP contribution in [0.4, 0.5) is 13.2 Å². The minimum absolute atomic E-state index is 0.0113. The number of esters is 1. The normalized spacial score (nSPS) is 11.7. The molecule has 118 valence electrons. The molecule has 22 heavy (non-hydrogen) atoms. The van der Waals surface area contributed by atoms with E-state index in [-0.39, 0.29) is 33.1 Å². The molecule has 1 heterocycles. The van der Waals surface area contributed by atoms with Crippen LogP contribution in [0, 0.1) is 0 Å². The number of carbonyl (C=O) groups excluding carboxylic acids is 1. The number of rotatable bonds is 3. The second kappa shape index (κ2) is 6.34. The third kappa shape index (κ3) is 3.01. The number of nitrogens with zero attached hydrogens (tertiary/aromatic N) is 1. The lowest BCUT2D eigenvalue weighted by Gasteiger charge is -2.14. The summed E-state index contributed by atoms with van der Waals surface area (Å²) in [4.78, 5) is 16.0. The van der Waals surface area contributed by atoms with Crippen molar-refractivity contribution in [1.82, 2.24) is 4.98 Å². The van der Waals surface area contributed by atoms with Gasteiger partial charge in [0, 0.05) is 5.39 Å². The van der Waals surface area contributed by atoms with Crippen molar-refractivity contribution >= 4 is 40.2 Å². The van der Waals surface area contributed by atoms with Crippen LogP contribution in [0.1, 0.15) is 22.8 Å². The van der Waals surface area contributed by atoms with Gasteiger partial charge < -0.3 is 4.74 Å². The maximum absolute atomic E-state index is 13.1. The van der Waals surface area contributed by atoms with Gasteiger partial charge in [-0.25, -0.2) is 9.78 Å². The van der Waals surface area contributed by atoms with E-state index in [9.17, 15) is 18.0 Å². The zero-order valence-electron chi connectivity index (χ0n) is 11.6. The van der Waals surface area contributed by atoms with Crippen LogP contribution >= 0.6 is 23.4 Å². The first-order chi connectivity index (χ1) is 10.3. The van der Waals surface area contributed by atoms with E-state index in [4.69, 9.17) is 16.3 Å². The molecule has 0 amide bonds. The predicted octanol–water partition coefficient (Wildman–Crippen LogP) is 4.81. The lowest BCUT2D eigenvalue weighted by atomic mass is 10.1. The number of benzene rings is 1. The molecule has 1 aromatic carbocycles. The average Bonchev–Trinajstić information content (AvgIpc) is 2.45. The van der Waals surface area contributed by atoms with E-state index in [1.165, 1.54) is 12.1 Å². The molecule has 2 rings (SSSR count). The van der Waals surface area contributed by atoms with Gasteiger partial charge in [-0.1, -0.05) is 23.7 Å². The van der Waals surface area contributed by atoms with Gasteiger partial charge in [0.05, 0.1) is 22.7 Å². The zero-order valence-corrected chi connectivity index (χ0v) is 13.2. The summed E-state index contributed by atoms with van der Waals surface area (Å²) >= 11 is 7.19. The van der Waals surface area contributed by atoms with E-state index >= 15 is 0 Å². The number of carbonyl (C=O) groups is 1. The molecule has 0 N–H and O–H groups in total. The predicted molar refractivity (Wildman–Crippen MR) is 79.5 cm³/mol. The van der Waals surface area contributed by atoms with Crippen LogP contribution in [0.15, 0.2) is 23.2 Å². The van der Waals surface area contributed by atoms with Gasteiger partial charge in [-0.3, -0.25) is 0 Å². The van der Waals surface area contributed by atoms with Crippen molar-refractivity contribution in [2.24, 2.45) is 0 Å². The minimum Gasteiger partial charge on any atom is -0.462 e. The Balaban J connectivity index is 2.82. The highest BCUT2D eigenvalue weighted by atomic mass is 35.5. The molecule has 0 saturated carbocycles. The summed E-state index contributed by atoms with van der Waals surface area (Å²) in [6.45, 7) is 1.75. The number of alkyl halides is 3. The number of para-hydroxylation sites is 1. The van der Waals surface area contributed by atoms with Crippen LogP contribution in [0.5, 0.6) is 0 Å². The van der Waals surface area contributed by atoms with Crippen molar-refractivity contribution in [3.05, 3.63) is 34.3 Å². The summed E-state index contributed by atoms with van der Waals surface area (Å²) in [5, 5.41) is 0.0869. The highest BCUT2D eigenvalue weighted by molar-refractivity contribution is 7.98. The Hall–Kier alpha value is -1.47. The number of pyridine rings is 1. The van der Waals surface area contributed by atoms with E-state index in [0.717, 1.165) is 17.8 Å². The third-order valence-corrected chi connectivity index (χ3v) is 3.97. The Morgan fingerprint density at radius 2 is 2.09 bits per heavy atom. The summed E-state index contributed by atoms with van der Waals surface area (Å²) in [6.07, 6.45) is -2.96. The van der Waals surface area contributed by atoms with Crippen molar-refractivity contribution in [3.63, 3.8) is 0 Å².